The van der Waals surface area contributed by atoms with E-state index in [9.17, 15) is 19.5 Å². The van der Waals surface area contributed by atoms with E-state index >= 15 is 0 Å². The number of hydrogen-bond donors (Lipinski definition) is 2. The van der Waals surface area contributed by atoms with E-state index in [2.05, 4.69) is 17.4 Å². The van der Waals surface area contributed by atoms with Gasteiger partial charge in [-0.15, -0.1) is 0 Å². The van der Waals surface area contributed by atoms with Crippen LogP contribution < -0.4 is 5.32 Å². The molecule has 0 fully saturated rings. The highest BCUT2D eigenvalue weighted by Gasteiger charge is 2.36. The van der Waals surface area contributed by atoms with E-state index in [-0.39, 0.29) is 24.9 Å². The first-order valence-corrected chi connectivity index (χ1v) is 13.1. The third-order valence-corrected chi connectivity index (χ3v) is 7.24. The lowest BCUT2D eigenvalue weighted by Gasteiger charge is -2.26. The van der Waals surface area contributed by atoms with Crippen molar-refractivity contribution in [1.82, 2.24) is 5.32 Å². The summed E-state index contributed by atoms with van der Waals surface area (Å²) in [6.45, 7) is 3.80. The molecule has 188 valence electrons. The van der Waals surface area contributed by atoms with Gasteiger partial charge in [-0.3, -0.25) is 4.79 Å². The molecule has 0 spiro atoms. The maximum Gasteiger partial charge on any atom is 0.408 e. The number of carbonyl (C=O) groups excluding carboxylic acids is 2. The molecule has 0 aromatic heterocycles. The molecule has 35 heavy (non-hydrogen) atoms. The number of unbranched alkanes of at least 4 members (excludes halogenated alkanes) is 1. The van der Waals surface area contributed by atoms with E-state index in [1.165, 1.54) is 6.92 Å². The van der Waals surface area contributed by atoms with Crippen LogP contribution in [0.15, 0.2) is 48.5 Å². The molecule has 1 amide bonds. The number of carbonyl (C=O) groups is 3. The van der Waals surface area contributed by atoms with Crippen LogP contribution in [0.1, 0.15) is 56.6 Å². The highest BCUT2D eigenvalue weighted by Crippen LogP contribution is 2.44. The zero-order chi connectivity index (χ0) is 25.3. The predicted molar refractivity (Wildman–Crippen MR) is 137 cm³/mol. The Morgan fingerprint density at radius 1 is 0.971 bits per heavy atom. The third-order valence-electron chi connectivity index (χ3n) is 6.16. The summed E-state index contributed by atoms with van der Waals surface area (Å²) in [5.74, 6) is 0.0927. The first kappa shape index (κ1) is 26.6. The Balaban J connectivity index is 1.47. The molecule has 2 N–H and O–H groups in total. The number of carboxylic acids is 1. The van der Waals surface area contributed by atoms with Crippen molar-refractivity contribution in [3.63, 3.8) is 0 Å². The first-order valence-electron chi connectivity index (χ1n) is 12.0. The molecule has 2 aromatic rings. The zero-order valence-corrected chi connectivity index (χ0v) is 21.1. The predicted octanol–water partition coefficient (Wildman–Crippen LogP) is 5.23. The molecule has 1 aliphatic rings. The Bertz CT molecular complexity index is 996. The number of rotatable bonds is 13. The van der Waals surface area contributed by atoms with Gasteiger partial charge >= 0.3 is 18.0 Å². The molecule has 0 aliphatic heterocycles. The van der Waals surface area contributed by atoms with E-state index in [1.807, 2.05) is 36.4 Å². The molecular formula is C27H33NO6S. The van der Waals surface area contributed by atoms with Gasteiger partial charge in [0.1, 0.15) is 12.1 Å². The van der Waals surface area contributed by atoms with Gasteiger partial charge < -0.3 is 19.9 Å². The number of aliphatic carboxylic acids is 1. The Kier molecular flexibility index (Phi) is 9.60. The Morgan fingerprint density at radius 3 is 2.20 bits per heavy atom. The lowest BCUT2D eigenvalue weighted by molar-refractivity contribution is -0.144. The van der Waals surface area contributed by atoms with Crippen LogP contribution in [0.2, 0.25) is 0 Å². The minimum atomic E-state index is -1.42. The normalized spacial score (nSPS) is 13.9. The molecule has 1 unspecified atom stereocenters. The van der Waals surface area contributed by atoms with E-state index in [0.29, 0.717) is 25.2 Å². The maximum atomic E-state index is 12.6. The quantitative estimate of drug-likeness (QED) is 0.288. The number of fused-ring (bicyclic) bond motifs is 3. The largest absolute Gasteiger partial charge is 0.480 e. The molecule has 0 radical (unpaired) electrons. The summed E-state index contributed by atoms with van der Waals surface area (Å²) in [4.78, 5) is 35.9. The van der Waals surface area contributed by atoms with Gasteiger partial charge in [0, 0.05) is 11.7 Å². The van der Waals surface area contributed by atoms with Crippen molar-refractivity contribution in [3.8, 4) is 11.1 Å². The molecule has 1 aliphatic carbocycles. The van der Waals surface area contributed by atoms with Crippen molar-refractivity contribution in [2.24, 2.45) is 0 Å². The number of alkyl carbamates (subject to hydrolysis) is 1. The van der Waals surface area contributed by atoms with Crippen LogP contribution in [0.25, 0.3) is 11.1 Å². The molecule has 1 atom stereocenters. The van der Waals surface area contributed by atoms with Gasteiger partial charge in [-0.05, 0) is 61.1 Å². The van der Waals surface area contributed by atoms with Gasteiger partial charge in [0.15, 0.2) is 0 Å². The summed E-state index contributed by atoms with van der Waals surface area (Å²) in [7, 11) is 0. The fourth-order valence-electron chi connectivity index (χ4n) is 4.26. The summed E-state index contributed by atoms with van der Waals surface area (Å²) in [5, 5.41) is 12.3. The molecule has 0 heterocycles. The number of thioether (sulfide) groups is 1. The maximum absolute atomic E-state index is 12.6. The van der Waals surface area contributed by atoms with Crippen molar-refractivity contribution < 1.29 is 29.0 Å². The van der Waals surface area contributed by atoms with Crippen LogP contribution in [-0.4, -0.2) is 53.4 Å². The van der Waals surface area contributed by atoms with Crippen LogP contribution >= 0.6 is 11.8 Å². The molecule has 3 rings (SSSR count). The summed E-state index contributed by atoms with van der Waals surface area (Å²) < 4.78 is 10.4. The summed E-state index contributed by atoms with van der Waals surface area (Å²) >= 11 is 1.63. The Labute approximate surface area is 210 Å². The van der Waals surface area contributed by atoms with Crippen LogP contribution in [0.5, 0.6) is 0 Å². The van der Waals surface area contributed by atoms with E-state index in [1.54, 1.807) is 18.7 Å². The molecule has 7 nitrogen and oxygen atoms in total. The van der Waals surface area contributed by atoms with Gasteiger partial charge in [-0.2, -0.15) is 11.8 Å². The number of nitrogens with one attached hydrogen (secondary N) is 1. The van der Waals surface area contributed by atoms with Crippen molar-refractivity contribution in [3.05, 3.63) is 59.7 Å². The van der Waals surface area contributed by atoms with Crippen LogP contribution in [0.4, 0.5) is 4.79 Å². The minimum Gasteiger partial charge on any atom is -0.480 e. The summed E-state index contributed by atoms with van der Waals surface area (Å²) in [6.07, 6.45) is 1.32. The highest BCUT2D eigenvalue weighted by molar-refractivity contribution is 7.99. The van der Waals surface area contributed by atoms with E-state index < -0.39 is 17.6 Å². The van der Waals surface area contributed by atoms with Crippen molar-refractivity contribution in [2.45, 2.75) is 51.0 Å². The van der Waals surface area contributed by atoms with Crippen LogP contribution in [0.3, 0.4) is 0 Å². The minimum absolute atomic E-state index is 0.0872. The Morgan fingerprint density at radius 2 is 1.60 bits per heavy atom. The van der Waals surface area contributed by atoms with Crippen LogP contribution in [0, 0.1) is 0 Å². The number of hydrogen-bond acceptors (Lipinski definition) is 6. The van der Waals surface area contributed by atoms with Crippen molar-refractivity contribution in [2.75, 3.05) is 24.7 Å². The average Bonchev–Trinajstić information content (AvgIpc) is 3.16. The summed E-state index contributed by atoms with van der Waals surface area (Å²) in [6, 6.07) is 16.1. The van der Waals surface area contributed by atoms with Crippen molar-refractivity contribution >= 4 is 29.8 Å². The standard InChI is InChI=1S/C27H33NO6S/c1-3-33-24(29)14-17-35-16-9-8-15-27(2,25(30)31)28-26(32)34-18-23-21-12-6-4-10-19(21)20-11-5-7-13-22(20)23/h4-7,10-13,23H,3,8-9,14-18H2,1-2H3,(H,28,32)(H,30,31). The SMILES string of the molecule is CCOC(=O)CCSCCCCC(C)(NC(=O)OCC1c2ccccc2-c2ccccc21)C(=O)O. The van der Waals surface area contributed by atoms with Gasteiger partial charge in [-0.25, -0.2) is 9.59 Å². The average molecular weight is 500 g/mol. The zero-order valence-electron chi connectivity index (χ0n) is 20.2. The monoisotopic (exact) mass is 499 g/mol. The topological polar surface area (TPSA) is 102 Å². The van der Waals surface area contributed by atoms with E-state index in [4.69, 9.17) is 9.47 Å². The second kappa shape index (κ2) is 12.6. The second-order valence-electron chi connectivity index (χ2n) is 8.71. The third kappa shape index (κ3) is 7.01. The smallest absolute Gasteiger partial charge is 0.408 e. The fourth-order valence-corrected chi connectivity index (χ4v) is 5.18. The summed E-state index contributed by atoms with van der Waals surface area (Å²) in [5.41, 5.74) is 3.05. The van der Waals surface area contributed by atoms with E-state index in [0.717, 1.165) is 34.4 Å². The highest BCUT2D eigenvalue weighted by atomic mass is 32.2. The van der Waals surface area contributed by atoms with Gasteiger partial charge in [-0.1, -0.05) is 48.5 Å². The lowest BCUT2D eigenvalue weighted by atomic mass is 9.95. The number of benzene rings is 2. The van der Waals surface area contributed by atoms with Gasteiger partial charge in [0.25, 0.3) is 0 Å². The molecule has 0 saturated heterocycles. The van der Waals surface area contributed by atoms with Crippen LogP contribution in [-0.2, 0) is 19.1 Å². The first-order chi connectivity index (χ1) is 16.9. The molecular weight excluding hydrogens is 466 g/mol. The fraction of sp³-hybridized carbons (Fsp3) is 0.444. The number of amides is 1. The second-order valence-corrected chi connectivity index (χ2v) is 9.94. The molecule has 0 bridgehead atoms. The Hall–Kier alpha value is -3.00. The van der Waals surface area contributed by atoms with Gasteiger partial charge in [0.2, 0.25) is 0 Å². The number of carboxylic acid groups (broad SMARTS) is 1. The van der Waals surface area contributed by atoms with Gasteiger partial charge in [0.05, 0.1) is 13.0 Å². The molecule has 8 heteroatoms. The number of esters is 1. The number of ether oxygens (including phenoxy) is 2. The lowest BCUT2D eigenvalue weighted by Crippen LogP contribution is -2.52. The molecule has 0 saturated carbocycles. The van der Waals surface area contributed by atoms with Crippen molar-refractivity contribution in [1.29, 1.82) is 0 Å². The molecule has 2 aromatic carbocycles.